The van der Waals surface area contributed by atoms with Gasteiger partial charge in [0.2, 0.25) is 0 Å². The first-order valence-electron chi connectivity index (χ1n) is 11.9. The summed E-state index contributed by atoms with van der Waals surface area (Å²) in [6.07, 6.45) is 5.13. The highest BCUT2D eigenvalue weighted by Gasteiger charge is 2.31. The maximum absolute atomic E-state index is 11.6. The molecule has 0 aliphatic heterocycles. The summed E-state index contributed by atoms with van der Waals surface area (Å²) in [6.45, 7) is 10.2. The van der Waals surface area contributed by atoms with E-state index < -0.39 is 17.5 Å². The number of hydrogen-bond donors (Lipinski definition) is 3. The minimum atomic E-state index is -1.26. The van der Waals surface area contributed by atoms with Gasteiger partial charge in [-0.3, -0.25) is 4.90 Å². The van der Waals surface area contributed by atoms with E-state index in [9.17, 15) is 14.7 Å². The largest absolute Gasteiger partial charge is 0.478 e. The Hall–Kier alpha value is -2.96. The van der Waals surface area contributed by atoms with Crippen molar-refractivity contribution in [3.63, 3.8) is 0 Å². The molecule has 3 N–H and O–H groups in total. The zero-order valence-electron chi connectivity index (χ0n) is 20.7. The fourth-order valence-electron chi connectivity index (χ4n) is 3.89. The lowest BCUT2D eigenvalue weighted by molar-refractivity contribution is -0.134. The highest BCUT2D eigenvalue weighted by Crippen LogP contribution is 2.34. The second-order valence-electron chi connectivity index (χ2n) is 8.46. The van der Waals surface area contributed by atoms with E-state index in [-0.39, 0.29) is 0 Å². The van der Waals surface area contributed by atoms with Crippen LogP contribution in [0.15, 0.2) is 72.8 Å². The third-order valence-corrected chi connectivity index (χ3v) is 6.14. The molecule has 0 fully saturated rings. The van der Waals surface area contributed by atoms with Crippen molar-refractivity contribution >= 4 is 11.9 Å². The van der Waals surface area contributed by atoms with Crippen molar-refractivity contribution in [2.45, 2.75) is 71.1 Å². The van der Waals surface area contributed by atoms with Crippen LogP contribution in [0.4, 0.5) is 0 Å². The number of carboxylic acid groups (broad SMARTS) is 2. The van der Waals surface area contributed by atoms with Crippen molar-refractivity contribution in [1.29, 1.82) is 0 Å². The summed E-state index contributed by atoms with van der Waals surface area (Å²) < 4.78 is 0. The van der Waals surface area contributed by atoms with Crippen molar-refractivity contribution in [2.75, 3.05) is 6.54 Å². The Balaban J connectivity index is 0.000000620. The van der Waals surface area contributed by atoms with Gasteiger partial charge in [-0.1, -0.05) is 74.5 Å². The lowest BCUT2D eigenvalue weighted by Crippen LogP contribution is -2.41. The van der Waals surface area contributed by atoms with Gasteiger partial charge in [-0.05, 0) is 57.2 Å². The molecule has 0 bridgehead atoms. The smallest absolute Gasteiger partial charge is 0.328 e. The zero-order valence-corrected chi connectivity index (χ0v) is 20.7. The normalized spacial score (nSPS) is 13.2. The average molecular weight is 470 g/mol. The molecule has 0 amide bonds. The molecule has 2 unspecified atom stereocenters. The predicted molar refractivity (Wildman–Crippen MR) is 136 cm³/mol. The van der Waals surface area contributed by atoms with Crippen LogP contribution in [0.25, 0.3) is 0 Å². The van der Waals surface area contributed by atoms with Gasteiger partial charge in [0.15, 0.2) is 0 Å². The van der Waals surface area contributed by atoms with Crippen LogP contribution in [-0.2, 0) is 15.2 Å². The van der Waals surface area contributed by atoms with Crippen molar-refractivity contribution in [3.8, 4) is 0 Å². The number of carbonyl (C=O) groups is 2. The Bertz CT molecular complexity index is 817. The van der Waals surface area contributed by atoms with Gasteiger partial charge in [-0.15, -0.1) is 0 Å². The van der Waals surface area contributed by atoms with E-state index in [1.165, 1.54) is 0 Å². The van der Waals surface area contributed by atoms with Crippen molar-refractivity contribution in [3.05, 3.63) is 83.9 Å². The van der Waals surface area contributed by atoms with Crippen LogP contribution in [0.1, 0.15) is 64.5 Å². The standard InChI is InChI=1S/C24H35NO.C4H4O4/c1-5-20(3)25(21(4)6-2)19-13-18-24(26,22-14-9-7-10-15-22)23-16-11-8-12-17-23;5-3(6)1-2-4(7)8/h7-12,14-17,20-21,26H,5-6,13,18-19H2,1-4H3;1-2H,(H,5,6)(H,7,8)/b;2-1+. The summed E-state index contributed by atoms with van der Waals surface area (Å²) in [5, 5.41) is 27.3. The van der Waals surface area contributed by atoms with Crippen LogP contribution in [0.2, 0.25) is 0 Å². The van der Waals surface area contributed by atoms with Gasteiger partial charge < -0.3 is 15.3 Å². The first kappa shape index (κ1) is 29.1. The molecule has 0 saturated carbocycles. The van der Waals surface area contributed by atoms with Crippen LogP contribution >= 0.6 is 0 Å². The summed E-state index contributed by atoms with van der Waals surface area (Å²) in [7, 11) is 0. The van der Waals surface area contributed by atoms with Crippen LogP contribution in [0, 0.1) is 0 Å². The number of rotatable bonds is 12. The van der Waals surface area contributed by atoms with Gasteiger partial charge in [-0.2, -0.15) is 0 Å². The van der Waals surface area contributed by atoms with E-state index >= 15 is 0 Å². The zero-order chi connectivity index (χ0) is 25.6. The summed E-state index contributed by atoms with van der Waals surface area (Å²) in [5.74, 6) is -2.51. The molecular formula is C28H39NO5. The van der Waals surface area contributed by atoms with Gasteiger partial charge in [0, 0.05) is 24.2 Å². The molecule has 0 aliphatic rings. The molecule has 0 aliphatic carbocycles. The number of benzene rings is 2. The first-order valence-corrected chi connectivity index (χ1v) is 11.9. The van der Waals surface area contributed by atoms with E-state index in [2.05, 4.69) is 32.6 Å². The van der Waals surface area contributed by atoms with E-state index in [0.29, 0.717) is 24.2 Å². The van der Waals surface area contributed by atoms with E-state index in [0.717, 1.165) is 43.4 Å². The molecule has 0 radical (unpaired) electrons. The fourth-order valence-corrected chi connectivity index (χ4v) is 3.89. The van der Waals surface area contributed by atoms with Gasteiger partial charge in [0.25, 0.3) is 0 Å². The van der Waals surface area contributed by atoms with E-state index in [1.807, 2.05) is 60.7 Å². The third kappa shape index (κ3) is 9.49. The maximum atomic E-state index is 11.6. The Morgan fingerprint density at radius 1 is 0.824 bits per heavy atom. The Morgan fingerprint density at radius 3 is 1.53 bits per heavy atom. The number of aliphatic hydroxyl groups is 1. The topological polar surface area (TPSA) is 98.1 Å². The first-order chi connectivity index (χ1) is 16.2. The van der Waals surface area contributed by atoms with E-state index in [1.54, 1.807) is 0 Å². The summed E-state index contributed by atoms with van der Waals surface area (Å²) >= 11 is 0. The fraction of sp³-hybridized carbons (Fsp3) is 0.429. The summed E-state index contributed by atoms with van der Waals surface area (Å²) in [4.78, 5) is 21.7. The predicted octanol–water partition coefficient (Wildman–Crippen LogP) is 5.31. The highest BCUT2D eigenvalue weighted by atomic mass is 16.4. The molecule has 2 atom stereocenters. The molecule has 0 spiro atoms. The second kappa shape index (κ2) is 15.0. The molecule has 0 aromatic heterocycles. The SMILES string of the molecule is CCC(C)N(CCCC(O)(c1ccccc1)c1ccccc1)C(C)CC.O=C(O)/C=C/C(=O)O. The summed E-state index contributed by atoms with van der Waals surface area (Å²) in [6, 6.07) is 21.3. The molecule has 6 heteroatoms. The lowest BCUT2D eigenvalue weighted by Gasteiger charge is -2.35. The molecule has 0 saturated heterocycles. The van der Waals surface area contributed by atoms with Crippen molar-refractivity contribution in [2.24, 2.45) is 0 Å². The van der Waals surface area contributed by atoms with Gasteiger partial charge in [0.05, 0.1) is 0 Å². The maximum Gasteiger partial charge on any atom is 0.328 e. The third-order valence-electron chi connectivity index (χ3n) is 6.14. The van der Waals surface area contributed by atoms with Gasteiger partial charge in [-0.25, -0.2) is 9.59 Å². The Kier molecular flexibility index (Phi) is 12.9. The number of carboxylic acids is 2. The second-order valence-corrected chi connectivity index (χ2v) is 8.46. The molecular weight excluding hydrogens is 430 g/mol. The lowest BCUT2D eigenvalue weighted by atomic mass is 9.82. The number of hydrogen-bond acceptors (Lipinski definition) is 4. The monoisotopic (exact) mass is 469 g/mol. The average Bonchev–Trinajstić information content (AvgIpc) is 2.85. The highest BCUT2D eigenvalue weighted by molar-refractivity contribution is 5.89. The molecule has 2 rings (SSSR count). The quantitative estimate of drug-likeness (QED) is 0.364. The molecule has 186 valence electrons. The van der Waals surface area contributed by atoms with Gasteiger partial charge >= 0.3 is 11.9 Å². The van der Waals surface area contributed by atoms with Crippen molar-refractivity contribution in [1.82, 2.24) is 4.90 Å². The Morgan fingerprint density at radius 2 is 1.21 bits per heavy atom. The van der Waals surface area contributed by atoms with Crippen LogP contribution in [0.3, 0.4) is 0 Å². The Labute approximate surface area is 203 Å². The van der Waals surface area contributed by atoms with Crippen LogP contribution in [0.5, 0.6) is 0 Å². The van der Waals surface area contributed by atoms with Crippen molar-refractivity contribution < 1.29 is 24.9 Å². The molecule has 2 aromatic rings. The van der Waals surface area contributed by atoms with Crippen LogP contribution in [-0.4, -0.2) is 50.8 Å². The molecule has 0 heterocycles. The molecule has 2 aromatic carbocycles. The molecule has 34 heavy (non-hydrogen) atoms. The number of aliphatic carboxylic acids is 2. The minimum Gasteiger partial charge on any atom is -0.478 e. The van der Waals surface area contributed by atoms with E-state index in [4.69, 9.17) is 10.2 Å². The van der Waals surface area contributed by atoms with Crippen LogP contribution < -0.4 is 0 Å². The van der Waals surface area contributed by atoms with Gasteiger partial charge in [0.1, 0.15) is 5.60 Å². The summed E-state index contributed by atoms with van der Waals surface area (Å²) in [5.41, 5.74) is 1.02. The molecule has 6 nitrogen and oxygen atoms in total. The number of nitrogens with zero attached hydrogens (tertiary/aromatic N) is 1. The minimum absolute atomic E-state index is 0.558.